The minimum Gasteiger partial charge on any atom is -0.292 e. The monoisotopic (exact) mass is 441 g/mol. The normalized spacial score (nSPS) is 15.2. The van der Waals surface area contributed by atoms with Crippen LogP contribution in [0.15, 0.2) is 0 Å². The molecule has 0 aliphatic carbocycles. The molecule has 0 unspecified atom stereocenters. The zero-order valence-electron chi connectivity index (χ0n) is 11.6. The van der Waals surface area contributed by atoms with E-state index in [1.54, 1.807) is 0 Å². The van der Waals surface area contributed by atoms with Gasteiger partial charge in [-0.1, -0.05) is 89.4 Å². The predicted molar refractivity (Wildman–Crippen MR) is 92.2 cm³/mol. The Balaban J connectivity index is 4.69. The molecule has 0 aromatic carbocycles. The van der Waals surface area contributed by atoms with E-state index in [9.17, 15) is 4.57 Å². The molecular weight excluding hydrogens is 426 g/mol. The second kappa shape index (κ2) is 9.98. The first-order chi connectivity index (χ1) is 9.37. The maximum atomic E-state index is 12.6. The fourth-order valence-corrected chi connectivity index (χ4v) is 3.68. The average Bonchev–Trinajstić information content (AvgIpc) is 2.30. The zero-order valence-corrected chi connectivity index (χ0v) is 17.0. The van der Waals surface area contributed by atoms with Crippen molar-refractivity contribution in [1.29, 1.82) is 0 Å². The SMILES string of the molecule is CCCC[C@H](C)NP(=O)(OCC(Cl)(Cl)Cl)OCC(Cl)(Cl)Cl. The molecule has 0 aromatic rings. The van der Waals surface area contributed by atoms with Crippen molar-refractivity contribution < 1.29 is 13.6 Å². The van der Waals surface area contributed by atoms with Crippen molar-refractivity contribution in [3.8, 4) is 0 Å². The highest BCUT2D eigenvalue weighted by molar-refractivity contribution is 7.51. The molecule has 4 nitrogen and oxygen atoms in total. The van der Waals surface area contributed by atoms with E-state index in [-0.39, 0.29) is 6.04 Å². The van der Waals surface area contributed by atoms with Crippen LogP contribution in [0.2, 0.25) is 0 Å². The van der Waals surface area contributed by atoms with Gasteiger partial charge < -0.3 is 0 Å². The van der Waals surface area contributed by atoms with Gasteiger partial charge in [-0.25, -0.2) is 9.65 Å². The van der Waals surface area contributed by atoms with Gasteiger partial charge in [-0.05, 0) is 13.3 Å². The Morgan fingerprint density at radius 3 is 1.81 bits per heavy atom. The number of alkyl halides is 6. The lowest BCUT2D eigenvalue weighted by Gasteiger charge is -2.25. The second-order valence-electron chi connectivity index (χ2n) is 4.45. The van der Waals surface area contributed by atoms with E-state index >= 15 is 0 Å². The number of nitrogens with one attached hydrogen (secondary N) is 1. The lowest BCUT2D eigenvalue weighted by Crippen LogP contribution is -2.28. The third-order valence-electron chi connectivity index (χ3n) is 2.17. The van der Waals surface area contributed by atoms with Crippen molar-refractivity contribution in [3.05, 3.63) is 0 Å². The number of hydrogen-bond donors (Lipinski definition) is 1. The molecule has 0 aliphatic rings. The van der Waals surface area contributed by atoms with Crippen LogP contribution in [0.3, 0.4) is 0 Å². The minimum atomic E-state index is -3.77. The zero-order chi connectivity index (χ0) is 16.7. The maximum Gasteiger partial charge on any atom is 0.406 e. The lowest BCUT2D eigenvalue weighted by molar-refractivity contribution is 0.197. The second-order valence-corrected chi connectivity index (χ2v) is 11.2. The summed E-state index contributed by atoms with van der Waals surface area (Å²) in [6, 6.07) is -0.137. The Morgan fingerprint density at radius 2 is 1.48 bits per heavy atom. The summed E-state index contributed by atoms with van der Waals surface area (Å²) in [5.74, 6) is 0. The Kier molecular flexibility index (Phi) is 10.9. The first-order valence-electron chi connectivity index (χ1n) is 6.17. The summed E-state index contributed by atoms with van der Waals surface area (Å²) in [7, 11) is -3.77. The van der Waals surface area contributed by atoms with E-state index in [4.69, 9.17) is 78.7 Å². The molecule has 0 amide bonds. The largest absolute Gasteiger partial charge is 0.406 e. The van der Waals surface area contributed by atoms with E-state index in [2.05, 4.69) is 5.09 Å². The minimum absolute atomic E-state index is 0.137. The maximum absolute atomic E-state index is 12.6. The highest BCUT2D eigenvalue weighted by Gasteiger charge is 2.34. The van der Waals surface area contributed by atoms with Crippen LogP contribution in [0, 0.1) is 0 Å². The molecule has 11 heteroatoms. The van der Waals surface area contributed by atoms with Gasteiger partial charge >= 0.3 is 7.75 Å². The number of unbranched alkanes of at least 4 members (excludes halogenated alkanes) is 1. The molecule has 0 radical (unpaired) electrons. The van der Waals surface area contributed by atoms with Gasteiger partial charge in [0.15, 0.2) is 0 Å². The molecule has 1 N–H and O–H groups in total. The van der Waals surface area contributed by atoms with Gasteiger partial charge in [0.2, 0.25) is 7.59 Å². The summed E-state index contributed by atoms with van der Waals surface area (Å²) in [5.41, 5.74) is 0. The van der Waals surface area contributed by atoms with Crippen LogP contribution < -0.4 is 5.09 Å². The third-order valence-corrected chi connectivity index (χ3v) is 4.52. The van der Waals surface area contributed by atoms with Crippen LogP contribution in [0.25, 0.3) is 0 Å². The summed E-state index contributed by atoms with van der Waals surface area (Å²) in [6.07, 6.45) is 2.72. The van der Waals surface area contributed by atoms with Crippen LogP contribution in [0.1, 0.15) is 33.1 Å². The van der Waals surface area contributed by atoms with Crippen molar-refractivity contribution >= 4 is 77.4 Å². The smallest absolute Gasteiger partial charge is 0.292 e. The van der Waals surface area contributed by atoms with E-state index in [0.717, 1.165) is 19.3 Å². The Labute approximate surface area is 155 Å². The van der Waals surface area contributed by atoms with Crippen LogP contribution in [-0.4, -0.2) is 26.8 Å². The predicted octanol–water partition coefficient (Wildman–Crippen LogP) is 6.04. The molecule has 0 aromatic heterocycles. The van der Waals surface area contributed by atoms with Crippen LogP contribution in [0.5, 0.6) is 0 Å². The highest BCUT2D eigenvalue weighted by Crippen LogP contribution is 2.48. The van der Waals surface area contributed by atoms with Gasteiger partial charge in [-0.3, -0.25) is 9.05 Å². The van der Waals surface area contributed by atoms with Crippen molar-refractivity contribution in [2.24, 2.45) is 0 Å². The lowest BCUT2D eigenvalue weighted by atomic mass is 10.2. The van der Waals surface area contributed by atoms with Gasteiger partial charge in [0, 0.05) is 6.04 Å². The third kappa shape index (κ3) is 13.9. The number of rotatable bonds is 9. The molecule has 0 heterocycles. The van der Waals surface area contributed by atoms with E-state index in [0.29, 0.717) is 0 Å². The van der Waals surface area contributed by atoms with Crippen LogP contribution >= 0.6 is 77.4 Å². The first-order valence-corrected chi connectivity index (χ1v) is 9.98. The Bertz CT molecular complexity index is 325. The van der Waals surface area contributed by atoms with Gasteiger partial charge in [0.05, 0.1) is 0 Å². The van der Waals surface area contributed by atoms with Gasteiger partial charge in [-0.15, -0.1) is 0 Å². The summed E-state index contributed by atoms with van der Waals surface area (Å²) < 4.78 is 19.3. The molecule has 1 atom stereocenters. The molecule has 0 rings (SSSR count). The fraction of sp³-hybridized carbons (Fsp3) is 1.00. The molecular formula is C10H18Cl6NO3P. The molecule has 0 bridgehead atoms. The molecule has 0 spiro atoms. The molecule has 0 fully saturated rings. The first kappa shape index (κ1) is 22.9. The van der Waals surface area contributed by atoms with Gasteiger partial charge in [-0.2, -0.15) is 0 Å². The van der Waals surface area contributed by atoms with E-state index in [1.165, 1.54) is 0 Å². The Hall–Kier alpha value is 1.85. The quantitative estimate of drug-likeness (QED) is 0.349. The standard InChI is InChI=1S/C10H18Cl6NO3P/c1-3-4-5-8(2)17-21(18,19-6-9(11,12)13)20-7-10(14,15)16/h8H,3-7H2,1-2H3,(H,17,18)/t8-/m0/s1. The summed E-state index contributed by atoms with van der Waals surface area (Å²) in [5, 5.41) is 2.73. The Morgan fingerprint density at radius 1 is 1.05 bits per heavy atom. The highest BCUT2D eigenvalue weighted by atomic mass is 35.6. The average molecular weight is 444 g/mol. The van der Waals surface area contributed by atoms with Gasteiger partial charge in [0.1, 0.15) is 13.2 Å². The van der Waals surface area contributed by atoms with Crippen molar-refractivity contribution in [2.75, 3.05) is 13.2 Å². The summed E-state index contributed by atoms with van der Waals surface area (Å²) in [4.78, 5) is 0. The molecule has 21 heavy (non-hydrogen) atoms. The topological polar surface area (TPSA) is 47.6 Å². The van der Waals surface area contributed by atoms with Crippen LogP contribution in [0.4, 0.5) is 0 Å². The van der Waals surface area contributed by atoms with Crippen molar-refractivity contribution in [1.82, 2.24) is 5.09 Å². The van der Waals surface area contributed by atoms with Crippen molar-refractivity contribution in [2.45, 2.75) is 46.7 Å². The number of halogens is 6. The number of hydrogen-bond acceptors (Lipinski definition) is 3. The fourth-order valence-electron chi connectivity index (χ4n) is 1.27. The van der Waals surface area contributed by atoms with Gasteiger partial charge in [0.25, 0.3) is 0 Å². The molecule has 0 aliphatic heterocycles. The van der Waals surface area contributed by atoms with Crippen LogP contribution in [-0.2, 0) is 13.6 Å². The van der Waals surface area contributed by atoms with E-state index < -0.39 is 28.5 Å². The molecule has 0 saturated carbocycles. The molecule has 128 valence electrons. The summed E-state index contributed by atoms with van der Waals surface area (Å²) >= 11 is 33.4. The van der Waals surface area contributed by atoms with E-state index in [1.807, 2.05) is 13.8 Å². The molecule has 0 saturated heterocycles. The summed E-state index contributed by atoms with van der Waals surface area (Å²) in [6.45, 7) is 3.02. The van der Waals surface area contributed by atoms with Crippen molar-refractivity contribution in [3.63, 3.8) is 0 Å².